The molecule has 0 saturated heterocycles. The molecular weight excluding hydrogens is 220 g/mol. The highest BCUT2D eigenvalue weighted by atomic mass is 32.2. The van der Waals surface area contributed by atoms with Gasteiger partial charge in [-0.05, 0) is 13.2 Å². The minimum absolute atomic E-state index is 0.163. The molecule has 0 aliphatic rings. The zero-order valence-corrected chi connectivity index (χ0v) is 9.06. The van der Waals surface area contributed by atoms with Crippen LogP contribution in [0.5, 0.6) is 0 Å². The van der Waals surface area contributed by atoms with E-state index in [9.17, 15) is 14.4 Å². The molecule has 1 aromatic rings. The lowest BCUT2D eigenvalue weighted by Crippen LogP contribution is -2.29. The van der Waals surface area contributed by atoms with E-state index in [4.69, 9.17) is 4.74 Å². The maximum absolute atomic E-state index is 11.4. The Kier molecular flexibility index (Phi) is 3.73. The van der Waals surface area contributed by atoms with Crippen molar-refractivity contribution < 1.29 is 9.53 Å². The van der Waals surface area contributed by atoms with Gasteiger partial charge in [0.1, 0.15) is 0 Å². The molecule has 15 heavy (non-hydrogen) atoms. The quantitative estimate of drug-likeness (QED) is 0.432. The van der Waals surface area contributed by atoms with Crippen molar-refractivity contribution in [2.45, 2.75) is 11.9 Å². The van der Waals surface area contributed by atoms with Gasteiger partial charge in [0.15, 0.2) is 5.56 Å². The van der Waals surface area contributed by atoms with Gasteiger partial charge in [-0.15, -0.1) is 11.8 Å². The fourth-order valence-corrected chi connectivity index (χ4v) is 1.58. The predicted octanol–water partition coefficient (Wildman–Crippen LogP) is -0.0382. The maximum atomic E-state index is 11.4. The first-order chi connectivity index (χ1) is 7.10. The van der Waals surface area contributed by atoms with Crippen LogP contribution < -0.4 is 11.2 Å². The second kappa shape index (κ2) is 4.83. The summed E-state index contributed by atoms with van der Waals surface area (Å²) in [5.74, 6) is -0.737. The summed E-state index contributed by atoms with van der Waals surface area (Å²) in [5.41, 5.74) is -1.54. The van der Waals surface area contributed by atoms with Crippen molar-refractivity contribution in [1.82, 2.24) is 9.97 Å². The van der Waals surface area contributed by atoms with Gasteiger partial charge < -0.3 is 9.72 Å². The van der Waals surface area contributed by atoms with Gasteiger partial charge in [-0.3, -0.25) is 9.78 Å². The first kappa shape index (κ1) is 11.6. The average molecular weight is 230 g/mol. The lowest BCUT2D eigenvalue weighted by atomic mass is 10.3. The lowest BCUT2D eigenvalue weighted by molar-refractivity contribution is 0.0519. The molecule has 82 valence electrons. The zero-order valence-electron chi connectivity index (χ0n) is 8.25. The highest BCUT2D eigenvalue weighted by Gasteiger charge is 2.17. The molecular formula is C8H10N2O4S. The second-order valence-electron chi connectivity index (χ2n) is 2.54. The molecule has 0 radical (unpaired) electrons. The van der Waals surface area contributed by atoms with E-state index in [2.05, 4.69) is 4.98 Å². The summed E-state index contributed by atoms with van der Waals surface area (Å²) in [7, 11) is 0. The average Bonchev–Trinajstić information content (AvgIpc) is 2.16. The third kappa shape index (κ3) is 2.50. The largest absolute Gasteiger partial charge is 0.462 e. The first-order valence-corrected chi connectivity index (χ1v) is 5.40. The first-order valence-electron chi connectivity index (χ1n) is 4.17. The number of nitrogens with one attached hydrogen (secondary N) is 2. The molecule has 0 aliphatic heterocycles. The summed E-state index contributed by atoms with van der Waals surface area (Å²) < 4.78 is 4.70. The van der Waals surface area contributed by atoms with E-state index in [1.54, 1.807) is 13.2 Å². The van der Waals surface area contributed by atoms with E-state index in [-0.39, 0.29) is 17.2 Å². The number of aromatic amines is 2. The molecule has 1 rings (SSSR count). The molecule has 6 nitrogen and oxygen atoms in total. The molecule has 0 fully saturated rings. The monoisotopic (exact) mass is 230 g/mol. The molecule has 0 unspecified atom stereocenters. The van der Waals surface area contributed by atoms with E-state index in [1.807, 2.05) is 4.98 Å². The van der Waals surface area contributed by atoms with Crippen LogP contribution in [0.25, 0.3) is 0 Å². The van der Waals surface area contributed by atoms with Crippen LogP contribution in [-0.4, -0.2) is 28.8 Å². The number of ether oxygens (including phenoxy) is 1. The molecule has 2 N–H and O–H groups in total. The maximum Gasteiger partial charge on any atom is 0.346 e. The number of hydrogen-bond acceptors (Lipinski definition) is 5. The second-order valence-corrected chi connectivity index (χ2v) is 3.35. The molecule has 0 bridgehead atoms. The highest BCUT2D eigenvalue weighted by molar-refractivity contribution is 7.98. The van der Waals surface area contributed by atoms with E-state index in [1.165, 1.54) is 0 Å². The van der Waals surface area contributed by atoms with Gasteiger partial charge in [-0.25, -0.2) is 9.59 Å². The van der Waals surface area contributed by atoms with E-state index in [0.29, 0.717) is 0 Å². The van der Waals surface area contributed by atoms with Crippen molar-refractivity contribution in [3.63, 3.8) is 0 Å². The Morgan fingerprint density at radius 2 is 2.07 bits per heavy atom. The van der Waals surface area contributed by atoms with E-state index >= 15 is 0 Å². The van der Waals surface area contributed by atoms with Crippen LogP contribution in [0.3, 0.4) is 0 Å². The Labute approximate surface area is 89.1 Å². The number of thioether (sulfide) groups is 1. The van der Waals surface area contributed by atoms with Crippen LogP contribution in [0.1, 0.15) is 17.3 Å². The van der Waals surface area contributed by atoms with Crippen molar-refractivity contribution in [3.8, 4) is 0 Å². The third-order valence-electron chi connectivity index (χ3n) is 1.59. The van der Waals surface area contributed by atoms with E-state index in [0.717, 1.165) is 11.8 Å². The molecule has 1 aromatic heterocycles. The molecule has 0 aromatic carbocycles. The van der Waals surface area contributed by atoms with Crippen LogP contribution >= 0.6 is 11.8 Å². The summed E-state index contributed by atoms with van der Waals surface area (Å²) in [6, 6.07) is 0. The lowest BCUT2D eigenvalue weighted by Gasteiger charge is -2.04. The van der Waals surface area contributed by atoms with Crippen molar-refractivity contribution in [3.05, 3.63) is 26.4 Å². The van der Waals surface area contributed by atoms with Gasteiger partial charge in [0, 0.05) is 0 Å². The molecule has 0 atom stereocenters. The summed E-state index contributed by atoms with van der Waals surface area (Å²) in [6.45, 7) is 1.81. The van der Waals surface area contributed by atoms with Gasteiger partial charge in [0.05, 0.1) is 11.6 Å². The Bertz CT molecular complexity index is 476. The Morgan fingerprint density at radius 1 is 1.40 bits per heavy atom. The zero-order chi connectivity index (χ0) is 11.4. The Morgan fingerprint density at radius 3 is 2.60 bits per heavy atom. The van der Waals surface area contributed by atoms with Gasteiger partial charge in [0.25, 0.3) is 5.56 Å². The van der Waals surface area contributed by atoms with Crippen molar-refractivity contribution in [2.75, 3.05) is 12.9 Å². The Hall–Kier alpha value is -1.50. The normalized spacial score (nSPS) is 10.0. The third-order valence-corrected chi connectivity index (χ3v) is 2.31. The Balaban J connectivity index is 3.33. The van der Waals surface area contributed by atoms with Gasteiger partial charge in [-0.1, -0.05) is 0 Å². The summed E-state index contributed by atoms with van der Waals surface area (Å²) in [6.07, 6.45) is 1.65. The molecule has 0 aliphatic carbocycles. The predicted molar refractivity (Wildman–Crippen MR) is 55.4 cm³/mol. The van der Waals surface area contributed by atoms with Gasteiger partial charge in [-0.2, -0.15) is 0 Å². The SMILES string of the molecule is CCOC(=O)c1c(SC)[nH]c(=O)[nH]c1=O. The molecule has 1 heterocycles. The fourth-order valence-electron chi connectivity index (χ4n) is 1.01. The standard InChI is InChI=1S/C8H10N2O4S/c1-3-14-7(12)4-5(11)9-8(13)10-6(4)15-2/h3H2,1-2H3,(H2,9,10,11,13). The van der Waals surface area contributed by atoms with Crippen LogP contribution in [0.4, 0.5) is 0 Å². The van der Waals surface area contributed by atoms with Crippen LogP contribution in [-0.2, 0) is 4.74 Å². The van der Waals surface area contributed by atoms with Crippen LogP contribution in [0, 0.1) is 0 Å². The topological polar surface area (TPSA) is 92.0 Å². The molecule has 7 heteroatoms. The summed E-state index contributed by atoms with van der Waals surface area (Å²) >= 11 is 1.10. The highest BCUT2D eigenvalue weighted by Crippen LogP contribution is 2.12. The van der Waals surface area contributed by atoms with Crippen LogP contribution in [0.2, 0.25) is 0 Å². The minimum atomic E-state index is -0.737. The van der Waals surface area contributed by atoms with Crippen molar-refractivity contribution >= 4 is 17.7 Å². The number of aromatic nitrogens is 2. The molecule has 0 spiro atoms. The number of carbonyl (C=O) groups excluding carboxylic acids is 1. The summed E-state index contributed by atoms with van der Waals surface area (Å²) in [5, 5.41) is 0.210. The van der Waals surface area contributed by atoms with Crippen LogP contribution in [0.15, 0.2) is 14.6 Å². The van der Waals surface area contributed by atoms with Crippen molar-refractivity contribution in [1.29, 1.82) is 0 Å². The minimum Gasteiger partial charge on any atom is -0.462 e. The smallest absolute Gasteiger partial charge is 0.346 e. The van der Waals surface area contributed by atoms with Gasteiger partial charge in [0.2, 0.25) is 0 Å². The van der Waals surface area contributed by atoms with Crippen molar-refractivity contribution in [2.24, 2.45) is 0 Å². The number of rotatable bonds is 3. The number of hydrogen-bond donors (Lipinski definition) is 2. The summed E-state index contributed by atoms with van der Waals surface area (Å²) in [4.78, 5) is 38.0. The number of H-pyrrole nitrogens is 2. The number of esters is 1. The number of carbonyl (C=O) groups is 1. The van der Waals surface area contributed by atoms with Gasteiger partial charge >= 0.3 is 11.7 Å². The molecule has 0 amide bonds. The van der Waals surface area contributed by atoms with E-state index < -0.39 is 17.2 Å². The molecule has 0 saturated carbocycles. The fraction of sp³-hybridized carbons (Fsp3) is 0.375.